The number of aromatic nitrogens is 2. The van der Waals surface area contributed by atoms with E-state index in [-0.39, 0.29) is 11.2 Å². The Bertz CT molecular complexity index is 1100. The molecule has 7 nitrogen and oxygen atoms in total. The van der Waals surface area contributed by atoms with Crippen LogP contribution in [-0.2, 0) is 26.0 Å². The molecule has 1 amide bonds. The molecule has 32 heavy (non-hydrogen) atoms. The van der Waals surface area contributed by atoms with E-state index in [1.54, 1.807) is 24.1 Å². The van der Waals surface area contributed by atoms with Gasteiger partial charge in [0, 0.05) is 12.5 Å². The maximum Gasteiger partial charge on any atom is 0.416 e. The average molecular weight is 467 g/mol. The Kier molecular flexibility index (Phi) is 5.53. The third-order valence-corrected chi connectivity index (χ3v) is 7.37. The van der Waals surface area contributed by atoms with Gasteiger partial charge in [-0.2, -0.15) is 23.5 Å². The zero-order valence-electron chi connectivity index (χ0n) is 17.6. The van der Waals surface area contributed by atoms with Crippen molar-refractivity contribution in [2.45, 2.75) is 49.2 Å². The molecule has 1 saturated heterocycles. The molecule has 2 aliphatic rings. The molecule has 1 aromatic carbocycles. The highest BCUT2D eigenvalue weighted by Gasteiger charge is 2.49. The standard InChI is InChI=1S/C21H22F3N5O2S/c1-13-9-18(29(27-13)15-5-3-14(4-6-15)21(22,23)24)28-11-16(32(2)31)10-17(28)19(30)26-20(12-25)7-8-20/h3-6,9,16-17H,7-8,10-11H2,1-2H3,(H,26,30)/p+1. The zero-order chi connectivity index (χ0) is 23.3. The first-order valence-electron chi connectivity index (χ1n) is 10.2. The van der Waals surface area contributed by atoms with Crippen LogP contribution in [0.2, 0.25) is 0 Å². The number of hydrogen-bond donors (Lipinski definition) is 1. The van der Waals surface area contributed by atoms with Gasteiger partial charge in [-0.3, -0.25) is 4.79 Å². The van der Waals surface area contributed by atoms with Gasteiger partial charge in [0.25, 0.3) is 0 Å². The molecule has 2 aromatic rings. The van der Waals surface area contributed by atoms with Crippen molar-refractivity contribution in [3.8, 4) is 11.8 Å². The highest BCUT2D eigenvalue weighted by Crippen LogP contribution is 2.36. The van der Waals surface area contributed by atoms with E-state index in [0.717, 1.165) is 12.1 Å². The van der Waals surface area contributed by atoms with Crippen LogP contribution in [0.4, 0.5) is 19.0 Å². The van der Waals surface area contributed by atoms with Crippen LogP contribution in [0.1, 0.15) is 30.5 Å². The van der Waals surface area contributed by atoms with Crippen molar-refractivity contribution < 1.29 is 22.2 Å². The van der Waals surface area contributed by atoms with Crippen molar-refractivity contribution in [3.63, 3.8) is 0 Å². The van der Waals surface area contributed by atoms with Gasteiger partial charge in [-0.15, -0.1) is 4.21 Å². The average Bonchev–Trinajstić information content (AvgIpc) is 3.18. The van der Waals surface area contributed by atoms with Gasteiger partial charge in [-0.05, 0) is 44.0 Å². The van der Waals surface area contributed by atoms with Gasteiger partial charge in [0.05, 0.1) is 46.6 Å². The lowest BCUT2D eigenvalue weighted by atomic mass is 10.1. The number of alkyl halides is 3. The van der Waals surface area contributed by atoms with Crippen molar-refractivity contribution in [3.05, 3.63) is 41.6 Å². The number of nitrogens with one attached hydrogen (secondary N) is 1. The molecule has 2 heterocycles. The fourth-order valence-electron chi connectivity index (χ4n) is 3.96. The van der Waals surface area contributed by atoms with Crippen molar-refractivity contribution in [1.29, 1.82) is 5.26 Å². The summed E-state index contributed by atoms with van der Waals surface area (Å²) < 4.78 is 52.6. The third kappa shape index (κ3) is 4.24. The number of nitriles is 1. The SMILES string of the molecule is Cc1cc(N2CC([SH+](C)=O)CC2C(=O)NC2(C#N)CC2)n(-c2ccc(C(F)(F)F)cc2)n1. The number of amides is 1. The van der Waals surface area contributed by atoms with Crippen molar-refractivity contribution in [2.24, 2.45) is 0 Å². The van der Waals surface area contributed by atoms with E-state index in [9.17, 15) is 27.4 Å². The number of carbonyl (C=O) groups excluding carboxylic acids is 1. The summed E-state index contributed by atoms with van der Waals surface area (Å²) >= 11 is 0. The molecule has 11 heteroatoms. The normalized spacial score (nSPS) is 22.9. The third-order valence-electron chi connectivity index (χ3n) is 5.97. The molecular formula is C21H23F3N5O2S+. The smallest absolute Gasteiger partial charge is 0.339 e. The molecule has 1 aromatic heterocycles. The fourth-order valence-corrected chi connectivity index (χ4v) is 4.86. The summed E-state index contributed by atoms with van der Waals surface area (Å²) in [5.41, 5.74) is -0.558. The molecule has 4 rings (SSSR count). The van der Waals surface area contributed by atoms with E-state index in [2.05, 4.69) is 16.5 Å². The molecule has 1 aliphatic carbocycles. The van der Waals surface area contributed by atoms with Crippen LogP contribution in [0, 0.1) is 18.3 Å². The summed E-state index contributed by atoms with van der Waals surface area (Å²) in [5.74, 6) is 0.213. The molecule has 0 radical (unpaired) electrons. The molecule has 0 bridgehead atoms. The first-order chi connectivity index (χ1) is 15.0. The summed E-state index contributed by atoms with van der Waals surface area (Å²) in [6.45, 7) is 2.09. The van der Waals surface area contributed by atoms with Crippen LogP contribution < -0.4 is 10.2 Å². The van der Waals surface area contributed by atoms with E-state index in [0.29, 0.717) is 43.0 Å². The monoisotopic (exact) mass is 466 g/mol. The summed E-state index contributed by atoms with van der Waals surface area (Å²) in [6.07, 6.45) is -1.28. The van der Waals surface area contributed by atoms with Gasteiger partial charge in [0.15, 0.2) is 0 Å². The molecule has 1 aliphatic heterocycles. The quantitative estimate of drug-likeness (QED) is 0.541. The second-order valence-electron chi connectivity index (χ2n) is 8.39. The van der Waals surface area contributed by atoms with Crippen LogP contribution in [0.5, 0.6) is 0 Å². The van der Waals surface area contributed by atoms with E-state index in [1.165, 1.54) is 16.8 Å². The Morgan fingerprint density at radius 3 is 2.50 bits per heavy atom. The Hall–Kier alpha value is -2.87. The Labute approximate surface area is 185 Å². The molecule has 1 saturated carbocycles. The first-order valence-corrected chi connectivity index (χ1v) is 11.9. The summed E-state index contributed by atoms with van der Waals surface area (Å²) in [7, 11) is -1.56. The van der Waals surface area contributed by atoms with Crippen LogP contribution in [0.25, 0.3) is 5.69 Å². The number of thiol groups is 1. The largest absolute Gasteiger partial charge is 0.416 e. The summed E-state index contributed by atoms with van der Waals surface area (Å²) in [5, 5.41) is 16.3. The van der Waals surface area contributed by atoms with Gasteiger partial charge in [0.2, 0.25) is 5.91 Å². The van der Waals surface area contributed by atoms with Crippen molar-refractivity contribution >= 4 is 22.5 Å². The minimum Gasteiger partial charge on any atom is -0.339 e. The van der Waals surface area contributed by atoms with E-state index >= 15 is 0 Å². The highest BCUT2D eigenvalue weighted by atomic mass is 32.2. The molecule has 1 N–H and O–H groups in total. The molecule has 3 atom stereocenters. The molecule has 0 spiro atoms. The maximum atomic E-state index is 13.1. The maximum absolute atomic E-state index is 13.1. The second kappa shape index (κ2) is 7.92. The fraction of sp³-hybridized carbons (Fsp3) is 0.476. The molecule has 170 valence electrons. The number of benzene rings is 1. The minimum absolute atomic E-state index is 0.228. The number of hydrogen-bond acceptors (Lipinski definition) is 5. The zero-order valence-corrected chi connectivity index (χ0v) is 18.5. The van der Waals surface area contributed by atoms with Crippen molar-refractivity contribution in [1.82, 2.24) is 15.1 Å². The van der Waals surface area contributed by atoms with E-state index < -0.39 is 34.1 Å². The number of carbonyl (C=O) groups is 1. The Morgan fingerprint density at radius 1 is 1.31 bits per heavy atom. The number of aryl methyl sites for hydroxylation is 1. The van der Waals surface area contributed by atoms with Crippen LogP contribution >= 0.6 is 0 Å². The molecule has 3 unspecified atom stereocenters. The summed E-state index contributed by atoms with van der Waals surface area (Å²) in [6, 6.07) is 7.86. The lowest BCUT2D eigenvalue weighted by Gasteiger charge is -2.26. The van der Waals surface area contributed by atoms with Crippen molar-refractivity contribution in [2.75, 3.05) is 17.7 Å². The highest BCUT2D eigenvalue weighted by molar-refractivity contribution is 7.84. The van der Waals surface area contributed by atoms with Crippen LogP contribution in [-0.4, -0.2) is 45.3 Å². The van der Waals surface area contributed by atoms with Gasteiger partial charge in [-0.1, -0.05) is 0 Å². The lowest BCUT2D eigenvalue weighted by Crippen LogP contribution is -2.48. The van der Waals surface area contributed by atoms with Crippen LogP contribution in [0.15, 0.2) is 30.3 Å². The molecule has 2 fully saturated rings. The predicted octanol–water partition coefficient (Wildman–Crippen LogP) is 2.65. The summed E-state index contributed by atoms with van der Waals surface area (Å²) in [4.78, 5) is 14.9. The number of nitrogens with zero attached hydrogens (tertiary/aromatic N) is 4. The second-order valence-corrected chi connectivity index (χ2v) is 10.2. The first kappa shape index (κ1) is 22.3. The number of anilines is 1. The molecular weight excluding hydrogens is 443 g/mol. The van der Waals surface area contributed by atoms with E-state index in [4.69, 9.17) is 0 Å². The van der Waals surface area contributed by atoms with Gasteiger partial charge in [-0.25, -0.2) is 4.68 Å². The number of rotatable bonds is 5. The van der Waals surface area contributed by atoms with Crippen LogP contribution in [0.3, 0.4) is 0 Å². The predicted molar refractivity (Wildman–Crippen MR) is 114 cm³/mol. The minimum atomic E-state index is -4.45. The Morgan fingerprint density at radius 2 is 1.97 bits per heavy atom. The van der Waals surface area contributed by atoms with Gasteiger partial charge >= 0.3 is 6.18 Å². The van der Waals surface area contributed by atoms with Gasteiger partial charge in [0.1, 0.15) is 22.6 Å². The number of halogens is 3. The lowest BCUT2D eigenvalue weighted by molar-refractivity contribution is -0.137. The Balaban J connectivity index is 1.68. The van der Waals surface area contributed by atoms with E-state index in [1.807, 2.05) is 0 Å². The van der Waals surface area contributed by atoms with Gasteiger partial charge < -0.3 is 10.2 Å². The topological polar surface area (TPSA) is 91.0 Å².